The molecule has 158 valence electrons. The number of ether oxygens (including phenoxy) is 1. The standard InChI is InChI=1S/C21H27FN2O4S/c1-14(2)10-19(21(23)25)24(13-16-8-9-20(28-4)18(22)12-16)29(26,27)17-7-5-6-15(3)11-17/h5-9,11-12,14,19H,10,13H2,1-4H3,(H2,23,25)/t19-/m1/s1. The van der Waals surface area contributed by atoms with Crippen LogP contribution in [-0.2, 0) is 21.4 Å². The lowest BCUT2D eigenvalue weighted by atomic mass is 10.0. The molecule has 0 aliphatic rings. The number of methoxy groups -OCH3 is 1. The first kappa shape index (κ1) is 22.8. The molecule has 0 radical (unpaired) electrons. The number of halogens is 1. The average molecular weight is 423 g/mol. The van der Waals surface area contributed by atoms with Crippen molar-refractivity contribution in [3.8, 4) is 5.75 Å². The average Bonchev–Trinajstić information content (AvgIpc) is 2.64. The van der Waals surface area contributed by atoms with Gasteiger partial charge in [-0.2, -0.15) is 4.31 Å². The van der Waals surface area contributed by atoms with E-state index in [0.29, 0.717) is 5.56 Å². The predicted molar refractivity (Wildman–Crippen MR) is 109 cm³/mol. The fourth-order valence-electron chi connectivity index (χ4n) is 3.08. The van der Waals surface area contributed by atoms with E-state index >= 15 is 0 Å². The molecule has 1 amide bonds. The Morgan fingerprint density at radius 2 is 1.90 bits per heavy atom. The van der Waals surface area contributed by atoms with Gasteiger partial charge in [-0.25, -0.2) is 12.8 Å². The molecule has 1 atom stereocenters. The Labute approximate surface area is 171 Å². The molecule has 0 heterocycles. The summed E-state index contributed by atoms with van der Waals surface area (Å²) in [5.74, 6) is -1.29. The number of primary amides is 1. The predicted octanol–water partition coefficient (Wildman–Crippen LogP) is 3.23. The first-order valence-electron chi connectivity index (χ1n) is 9.26. The number of aryl methyl sites for hydroxylation is 1. The molecule has 0 aliphatic heterocycles. The minimum atomic E-state index is -4.06. The summed E-state index contributed by atoms with van der Waals surface area (Å²) >= 11 is 0. The molecule has 0 aliphatic carbocycles. The van der Waals surface area contributed by atoms with Crippen LogP contribution in [0.4, 0.5) is 4.39 Å². The van der Waals surface area contributed by atoms with Gasteiger partial charge in [0.15, 0.2) is 11.6 Å². The summed E-state index contributed by atoms with van der Waals surface area (Å²) in [6, 6.07) is 9.53. The zero-order valence-electron chi connectivity index (χ0n) is 17.1. The highest BCUT2D eigenvalue weighted by Crippen LogP contribution is 2.26. The molecule has 2 aromatic rings. The Kier molecular flexibility index (Phi) is 7.37. The SMILES string of the molecule is COc1ccc(CN([C@H](CC(C)C)C(N)=O)S(=O)(=O)c2cccc(C)c2)cc1F. The van der Waals surface area contributed by atoms with Crippen LogP contribution in [0.1, 0.15) is 31.4 Å². The van der Waals surface area contributed by atoms with Gasteiger partial charge in [-0.3, -0.25) is 4.79 Å². The Bertz CT molecular complexity index is 976. The maximum atomic E-state index is 14.2. The number of benzene rings is 2. The number of nitrogens with zero attached hydrogens (tertiary/aromatic N) is 1. The summed E-state index contributed by atoms with van der Waals surface area (Å²) in [7, 11) is -2.72. The lowest BCUT2D eigenvalue weighted by molar-refractivity contribution is -0.122. The molecule has 2 aromatic carbocycles. The van der Waals surface area contributed by atoms with E-state index in [1.54, 1.807) is 25.1 Å². The molecule has 0 unspecified atom stereocenters. The molecule has 0 saturated carbocycles. The number of nitrogens with two attached hydrogens (primary N) is 1. The van der Waals surface area contributed by atoms with E-state index in [0.717, 1.165) is 9.87 Å². The number of sulfonamides is 1. The quantitative estimate of drug-likeness (QED) is 0.672. The normalized spacial score (nSPS) is 12.9. The molecular formula is C21H27FN2O4S. The maximum Gasteiger partial charge on any atom is 0.244 e. The summed E-state index contributed by atoms with van der Waals surface area (Å²) in [5, 5.41) is 0. The van der Waals surface area contributed by atoms with Gasteiger partial charge in [-0.15, -0.1) is 0 Å². The zero-order valence-corrected chi connectivity index (χ0v) is 17.9. The number of carbonyl (C=O) groups is 1. The molecule has 2 rings (SSSR count). The maximum absolute atomic E-state index is 14.2. The lowest BCUT2D eigenvalue weighted by Crippen LogP contribution is -2.48. The van der Waals surface area contributed by atoms with E-state index in [1.807, 2.05) is 13.8 Å². The summed E-state index contributed by atoms with van der Waals surface area (Å²) in [4.78, 5) is 12.3. The third-order valence-electron chi connectivity index (χ3n) is 4.52. The highest BCUT2D eigenvalue weighted by atomic mass is 32.2. The molecule has 0 aromatic heterocycles. The van der Waals surface area contributed by atoms with Gasteiger partial charge in [0.25, 0.3) is 0 Å². The monoisotopic (exact) mass is 422 g/mol. The van der Waals surface area contributed by atoms with Gasteiger partial charge >= 0.3 is 0 Å². The fourth-order valence-corrected chi connectivity index (χ4v) is 4.78. The first-order chi connectivity index (χ1) is 13.6. The van der Waals surface area contributed by atoms with Crippen molar-refractivity contribution in [1.82, 2.24) is 4.31 Å². The van der Waals surface area contributed by atoms with E-state index in [-0.39, 0.29) is 29.5 Å². The second kappa shape index (κ2) is 9.37. The van der Waals surface area contributed by atoms with Gasteiger partial charge in [0, 0.05) is 6.54 Å². The van der Waals surface area contributed by atoms with E-state index in [4.69, 9.17) is 10.5 Å². The number of amides is 1. The van der Waals surface area contributed by atoms with Gasteiger partial charge < -0.3 is 10.5 Å². The van der Waals surface area contributed by atoms with Crippen molar-refractivity contribution in [2.24, 2.45) is 11.7 Å². The van der Waals surface area contributed by atoms with Crippen molar-refractivity contribution in [1.29, 1.82) is 0 Å². The van der Waals surface area contributed by atoms with Crippen LogP contribution in [0, 0.1) is 18.7 Å². The molecular weight excluding hydrogens is 395 g/mol. The van der Waals surface area contributed by atoms with Crippen LogP contribution < -0.4 is 10.5 Å². The Balaban J connectivity index is 2.55. The van der Waals surface area contributed by atoms with Crippen molar-refractivity contribution in [3.05, 3.63) is 59.4 Å². The number of carbonyl (C=O) groups excluding carboxylic acids is 1. The third kappa shape index (κ3) is 5.55. The van der Waals surface area contributed by atoms with Crippen molar-refractivity contribution in [2.45, 2.75) is 44.7 Å². The van der Waals surface area contributed by atoms with Crippen molar-refractivity contribution < 1.29 is 22.3 Å². The molecule has 0 spiro atoms. The van der Waals surface area contributed by atoms with Crippen molar-refractivity contribution in [3.63, 3.8) is 0 Å². The molecule has 0 saturated heterocycles. The number of rotatable bonds is 9. The molecule has 29 heavy (non-hydrogen) atoms. The van der Waals surface area contributed by atoms with Gasteiger partial charge in [-0.05, 0) is 54.7 Å². The summed E-state index contributed by atoms with van der Waals surface area (Å²) in [5.41, 5.74) is 6.73. The zero-order chi connectivity index (χ0) is 21.8. The van der Waals surface area contributed by atoms with E-state index in [2.05, 4.69) is 0 Å². The largest absolute Gasteiger partial charge is 0.494 e. The molecule has 6 nitrogen and oxygen atoms in total. The molecule has 0 fully saturated rings. The van der Waals surface area contributed by atoms with Crippen molar-refractivity contribution in [2.75, 3.05) is 7.11 Å². The first-order valence-corrected chi connectivity index (χ1v) is 10.7. The van der Waals surface area contributed by atoms with Crippen LogP contribution in [0.5, 0.6) is 5.75 Å². The van der Waals surface area contributed by atoms with Gasteiger partial charge in [-0.1, -0.05) is 32.0 Å². The smallest absolute Gasteiger partial charge is 0.244 e. The third-order valence-corrected chi connectivity index (χ3v) is 6.37. The van der Waals surface area contributed by atoms with E-state index < -0.39 is 27.8 Å². The highest BCUT2D eigenvalue weighted by molar-refractivity contribution is 7.89. The summed E-state index contributed by atoms with van der Waals surface area (Å²) in [6.45, 7) is 5.33. The van der Waals surface area contributed by atoms with Crippen molar-refractivity contribution >= 4 is 15.9 Å². The Hall–Kier alpha value is -2.45. The fraction of sp³-hybridized carbons (Fsp3) is 0.381. The van der Waals surface area contributed by atoms with Gasteiger partial charge in [0.2, 0.25) is 15.9 Å². The number of hydrogen-bond donors (Lipinski definition) is 1. The second-order valence-electron chi connectivity index (χ2n) is 7.38. The van der Waals surface area contributed by atoms with Crippen LogP contribution in [0.2, 0.25) is 0 Å². The van der Waals surface area contributed by atoms with Crippen LogP contribution in [0.3, 0.4) is 0 Å². The van der Waals surface area contributed by atoms with Crippen LogP contribution in [0.15, 0.2) is 47.4 Å². The van der Waals surface area contributed by atoms with Gasteiger partial charge in [0.05, 0.1) is 12.0 Å². The van der Waals surface area contributed by atoms with Crippen LogP contribution >= 0.6 is 0 Å². The van der Waals surface area contributed by atoms with Crippen LogP contribution in [-0.4, -0.2) is 31.8 Å². The summed E-state index contributed by atoms with van der Waals surface area (Å²) in [6.07, 6.45) is 0.249. The summed E-state index contributed by atoms with van der Waals surface area (Å²) < 4.78 is 47.0. The lowest BCUT2D eigenvalue weighted by Gasteiger charge is -2.30. The Morgan fingerprint density at radius 1 is 1.21 bits per heavy atom. The Morgan fingerprint density at radius 3 is 2.41 bits per heavy atom. The highest BCUT2D eigenvalue weighted by Gasteiger charge is 2.35. The second-order valence-corrected chi connectivity index (χ2v) is 9.27. The van der Waals surface area contributed by atoms with Crippen LogP contribution in [0.25, 0.3) is 0 Å². The van der Waals surface area contributed by atoms with E-state index in [1.165, 1.54) is 31.4 Å². The molecule has 2 N–H and O–H groups in total. The molecule has 8 heteroatoms. The topological polar surface area (TPSA) is 89.7 Å². The minimum absolute atomic E-state index is 0.0234. The van der Waals surface area contributed by atoms with Gasteiger partial charge in [0.1, 0.15) is 6.04 Å². The van der Waals surface area contributed by atoms with E-state index in [9.17, 15) is 17.6 Å². The minimum Gasteiger partial charge on any atom is -0.494 e. The molecule has 0 bridgehead atoms. The number of hydrogen-bond acceptors (Lipinski definition) is 4.